The van der Waals surface area contributed by atoms with E-state index in [1.807, 2.05) is 30.1 Å². The molecule has 2 aliphatic rings. The Kier molecular flexibility index (Phi) is 6.27. The number of amides is 1. The van der Waals surface area contributed by atoms with Crippen molar-refractivity contribution in [2.24, 2.45) is 0 Å². The number of likely N-dealkylation sites (tertiary alicyclic amines) is 1. The van der Waals surface area contributed by atoms with Crippen molar-refractivity contribution >= 4 is 11.9 Å². The summed E-state index contributed by atoms with van der Waals surface area (Å²) in [4.78, 5) is 25.8. The predicted octanol–water partition coefficient (Wildman–Crippen LogP) is 3.62. The fourth-order valence-electron chi connectivity index (χ4n) is 4.30. The highest BCUT2D eigenvalue weighted by Crippen LogP contribution is 2.35. The van der Waals surface area contributed by atoms with Gasteiger partial charge in [0.1, 0.15) is 5.82 Å². The van der Waals surface area contributed by atoms with Gasteiger partial charge in [-0.15, -0.1) is 0 Å². The minimum atomic E-state index is -0.260. The first-order chi connectivity index (χ1) is 14.5. The molecule has 2 saturated heterocycles. The van der Waals surface area contributed by atoms with Crippen LogP contribution < -0.4 is 4.90 Å². The summed E-state index contributed by atoms with van der Waals surface area (Å²) in [5.74, 6) is 0.825. The molecule has 4 rings (SSSR count). The maximum absolute atomic E-state index is 13.4. The summed E-state index contributed by atoms with van der Waals surface area (Å²) >= 11 is 0. The van der Waals surface area contributed by atoms with Gasteiger partial charge in [-0.1, -0.05) is 12.1 Å². The third-order valence-electron chi connectivity index (χ3n) is 6.02. The number of anilines is 1. The summed E-state index contributed by atoms with van der Waals surface area (Å²) in [6.45, 7) is 2.22. The molecule has 1 atom stereocenters. The molecule has 2 fully saturated rings. The molecule has 30 heavy (non-hydrogen) atoms. The zero-order valence-corrected chi connectivity index (χ0v) is 17.7. The van der Waals surface area contributed by atoms with Crippen LogP contribution >= 0.6 is 0 Å². The van der Waals surface area contributed by atoms with Crippen LogP contribution in [-0.4, -0.2) is 60.7 Å². The van der Waals surface area contributed by atoms with E-state index in [9.17, 15) is 9.18 Å². The van der Waals surface area contributed by atoms with E-state index < -0.39 is 0 Å². The third kappa shape index (κ3) is 4.61. The van der Waals surface area contributed by atoms with E-state index in [1.54, 1.807) is 12.1 Å². The van der Waals surface area contributed by atoms with Crippen molar-refractivity contribution in [1.82, 2.24) is 14.9 Å². The highest BCUT2D eigenvalue weighted by molar-refractivity contribution is 5.77. The van der Waals surface area contributed by atoms with Gasteiger partial charge in [0.15, 0.2) is 0 Å². The predicted molar refractivity (Wildman–Crippen MR) is 114 cm³/mol. The fraction of sp³-hybridized carbons (Fsp3) is 0.522. The van der Waals surface area contributed by atoms with Crippen molar-refractivity contribution in [3.05, 3.63) is 42.0 Å². The van der Waals surface area contributed by atoms with E-state index in [1.165, 1.54) is 12.1 Å². The topological polar surface area (TPSA) is 58.6 Å². The van der Waals surface area contributed by atoms with E-state index >= 15 is 0 Å². The van der Waals surface area contributed by atoms with Crippen LogP contribution in [0.3, 0.4) is 0 Å². The first-order valence-corrected chi connectivity index (χ1v) is 10.7. The van der Waals surface area contributed by atoms with E-state index in [4.69, 9.17) is 9.72 Å². The number of carbonyl (C=O) groups is 1. The number of piperidine rings is 1. The SMILES string of the molecule is CN(C)c1ncc(-c2ccc(F)cc2)c(C2CCN(C(=O)C[C@H]3CCCO3)CC2)n1. The molecule has 1 aromatic heterocycles. The lowest BCUT2D eigenvalue weighted by Crippen LogP contribution is -2.39. The number of carbonyl (C=O) groups excluding carboxylic acids is 1. The summed E-state index contributed by atoms with van der Waals surface area (Å²) in [5, 5.41) is 0. The Morgan fingerprint density at radius 3 is 2.57 bits per heavy atom. The maximum atomic E-state index is 13.4. The minimum Gasteiger partial charge on any atom is -0.378 e. The van der Waals surface area contributed by atoms with Gasteiger partial charge in [0.05, 0.1) is 18.2 Å². The van der Waals surface area contributed by atoms with Gasteiger partial charge in [0.25, 0.3) is 0 Å². The van der Waals surface area contributed by atoms with E-state index in [0.717, 1.165) is 62.2 Å². The van der Waals surface area contributed by atoms with Crippen molar-refractivity contribution < 1.29 is 13.9 Å². The molecule has 0 spiro atoms. The van der Waals surface area contributed by atoms with Crippen LogP contribution in [0.25, 0.3) is 11.1 Å². The fourth-order valence-corrected chi connectivity index (χ4v) is 4.30. The van der Waals surface area contributed by atoms with Crippen LogP contribution in [-0.2, 0) is 9.53 Å². The molecule has 1 aromatic carbocycles. The number of halogens is 1. The van der Waals surface area contributed by atoms with E-state index in [0.29, 0.717) is 12.4 Å². The number of rotatable bonds is 5. The Bertz CT molecular complexity index is 873. The van der Waals surface area contributed by atoms with Gasteiger partial charge < -0.3 is 14.5 Å². The molecular weight excluding hydrogens is 383 g/mol. The van der Waals surface area contributed by atoms with Gasteiger partial charge in [0.2, 0.25) is 11.9 Å². The van der Waals surface area contributed by atoms with Gasteiger partial charge in [-0.3, -0.25) is 4.79 Å². The molecule has 3 heterocycles. The molecule has 1 amide bonds. The van der Waals surface area contributed by atoms with Gasteiger partial charge in [-0.05, 0) is 43.4 Å². The van der Waals surface area contributed by atoms with Crippen LogP contribution in [0.5, 0.6) is 0 Å². The van der Waals surface area contributed by atoms with Crippen LogP contribution in [0.4, 0.5) is 10.3 Å². The average Bonchev–Trinajstić information content (AvgIpc) is 3.27. The molecule has 0 radical (unpaired) electrons. The number of ether oxygens (including phenoxy) is 1. The molecule has 0 N–H and O–H groups in total. The molecule has 0 aliphatic carbocycles. The second kappa shape index (κ2) is 9.08. The molecule has 0 saturated carbocycles. The highest BCUT2D eigenvalue weighted by Gasteiger charge is 2.29. The van der Waals surface area contributed by atoms with E-state index in [-0.39, 0.29) is 23.7 Å². The molecule has 0 unspecified atom stereocenters. The van der Waals surface area contributed by atoms with Crippen molar-refractivity contribution in [3.8, 4) is 11.1 Å². The molecule has 7 heteroatoms. The summed E-state index contributed by atoms with van der Waals surface area (Å²) in [6.07, 6.45) is 6.16. The Labute approximate surface area is 177 Å². The lowest BCUT2D eigenvalue weighted by atomic mass is 9.88. The largest absolute Gasteiger partial charge is 0.378 e. The highest BCUT2D eigenvalue weighted by atomic mass is 19.1. The average molecular weight is 413 g/mol. The van der Waals surface area contributed by atoms with Gasteiger partial charge in [-0.25, -0.2) is 14.4 Å². The minimum absolute atomic E-state index is 0.0878. The Balaban J connectivity index is 1.50. The Morgan fingerprint density at radius 2 is 1.93 bits per heavy atom. The lowest BCUT2D eigenvalue weighted by Gasteiger charge is -2.33. The van der Waals surface area contributed by atoms with Crippen LogP contribution in [0.15, 0.2) is 30.5 Å². The zero-order chi connectivity index (χ0) is 21.1. The van der Waals surface area contributed by atoms with Crippen molar-refractivity contribution in [1.29, 1.82) is 0 Å². The first kappa shape index (κ1) is 20.7. The molecular formula is C23H29FN4O2. The molecule has 2 aliphatic heterocycles. The molecule has 160 valence electrons. The quantitative estimate of drug-likeness (QED) is 0.751. The normalized spacial score (nSPS) is 19.8. The second-order valence-electron chi connectivity index (χ2n) is 8.36. The zero-order valence-electron chi connectivity index (χ0n) is 17.7. The number of hydrogen-bond donors (Lipinski definition) is 0. The number of aromatic nitrogens is 2. The second-order valence-corrected chi connectivity index (χ2v) is 8.36. The first-order valence-electron chi connectivity index (χ1n) is 10.7. The van der Waals surface area contributed by atoms with Gasteiger partial charge in [-0.2, -0.15) is 0 Å². The third-order valence-corrected chi connectivity index (χ3v) is 6.02. The summed E-state index contributed by atoms with van der Waals surface area (Å²) in [6, 6.07) is 6.47. The van der Waals surface area contributed by atoms with Crippen LogP contribution in [0.1, 0.15) is 43.7 Å². The monoisotopic (exact) mass is 412 g/mol. The maximum Gasteiger partial charge on any atom is 0.225 e. The van der Waals surface area contributed by atoms with E-state index in [2.05, 4.69) is 4.98 Å². The molecule has 2 aromatic rings. The molecule has 6 nitrogen and oxygen atoms in total. The molecule has 0 bridgehead atoms. The summed E-state index contributed by atoms with van der Waals surface area (Å²) in [7, 11) is 3.84. The van der Waals surface area contributed by atoms with Crippen LogP contribution in [0, 0.1) is 5.82 Å². The van der Waals surface area contributed by atoms with Gasteiger partial charge >= 0.3 is 0 Å². The van der Waals surface area contributed by atoms with Crippen LogP contribution in [0.2, 0.25) is 0 Å². The van der Waals surface area contributed by atoms with Crippen molar-refractivity contribution in [3.63, 3.8) is 0 Å². The standard InChI is InChI=1S/C23H29FN4O2/c1-27(2)23-25-15-20(16-5-7-18(24)8-6-16)22(26-23)17-9-11-28(12-10-17)21(29)14-19-4-3-13-30-19/h5-8,15,17,19H,3-4,9-14H2,1-2H3/t19-/m1/s1. The van der Waals surface area contributed by atoms with Gasteiger partial charge in [0, 0.05) is 51.5 Å². The summed E-state index contributed by atoms with van der Waals surface area (Å²) < 4.78 is 19.0. The smallest absolute Gasteiger partial charge is 0.225 e. The number of benzene rings is 1. The summed E-state index contributed by atoms with van der Waals surface area (Å²) in [5.41, 5.74) is 2.82. The number of hydrogen-bond acceptors (Lipinski definition) is 5. The van der Waals surface area contributed by atoms with Crippen molar-refractivity contribution in [2.75, 3.05) is 38.7 Å². The Morgan fingerprint density at radius 1 is 1.20 bits per heavy atom. The Hall–Kier alpha value is -2.54. The number of nitrogens with zero attached hydrogens (tertiary/aromatic N) is 4. The van der Waals surface area contributed by atoms with Crippen molar-refractivity contribution in [2.45, 2.75) is 44.1 Å². The lowest BCUT2D eigenvalue weighted by molar-refractivity contribution is -0.134.